The summed E-state index contributed by atoms with van der Waals surface area (Å²) in [6, 6.07) is 1.73. The summed E-state index contributed by atoms with van der Waals surface area (Å²) in [6.45, 7) is 8.89. The monoisotopic (exact) mass is 399 g/mol. The number of sulfonamides is 1. The third kappa shape index (κ3) is 3.51. The molecule has 0 N–H and O–H groups in total. The Balaban J connectivity index is 1.72. The van der Waals surface area contributed by atoms with Crippen LogP contribution in [0.2, 0.25) is 0 Å². The van der Waals surface area contributed by atoms with Crippen LogP contribution >= 0.6 is 22.7 Å². The number of hydrogen-bond acceptors (Lipinski definition) is 6. The highest BCUT2D eigenvalue weighted by molar-refractivity contribution is 7.89. The van der Waals surface area contributed by atoms with Gasteiger partial charge < -0.3 is 4.90 Å². The fraction of sp³-hybridized carbons (Fsp3) is 0.500. The first-order chi connectivity index (χ1) is 11.7. The lowest BCUT2D eigenvalue weighted by molar-refractivity contribution is 0.0702. The van der Waals surface area contributed by atoms with E-state index >= 15 is 0 Å². The lowest BCUT2D eigenvalue weighted by Gasteiger charge is -2.33. The number of aryl methyl sites for hydroxylation is 4. The second kappa shape index (κ2) is 6.79. The second-order valence-corrected chi connectivity index (χ2v) is 10.7. The minimum absolute atomic E-state index is 0.0530. The van der Waals surface area contributed by atoms with Crippen molar-refractivity contribution < 1.29 is 13.2 Å². The highest BCUT2D eigenvalue weighted by Crippen LogP contribution is 2.28. The van der Waals surface area contributed by atoms with Gasteiger partial charge in [0.2, 0.25) is 10.0 Å². The molecule has 3 heterocycles. The van der Waals surface area contributed by atoms with Crippen molar-refractivity contribution in [1.29, 1.82) is 0 Å². The van der Waals surface area contributed by atoms with Gasteiger partial charge in [-0.2, -0.15) is 4.31 Å². The van der Waals surface area contributed by atoms with Crippen molar-refractivity contribution in [3.8, 4) is 0 Å². The third-order valence-corrected chi connectivity index (χ3v) is 8.42. The normalized spacial score (nSPS) is 16.4. The maximum atomic E-state index is 12.8. The standard InChI is InChI=1S/C16H21N3O3S3/c1-10-9-14(12(3)23-10)25(21,22)19-7-5-18(6-8-19)16(20)15-11(2)17-13(4)24-15/h9H,5-8H2,1-4H3. The minimum atomic E-state index is -3.49. The number of thiazole rings is 1. The molecule has 0 bridgehead atoms. The SMILES string of the molecule is Cc1cc(S(=O)(=O)N2CCN(C(=O)c3sc(C)nc3C)CC2)c(C)s1. The van der Waals surface area contributed by atoms with E-state index in [0.717, 1.165) is 20.5 Å². The van der Waals surface area contributed by atoms with Crippen molar-refractivity contribution in [3.05, 3.63) is 31.4 Å². The van der Waals surface area contributed by atoms with Gasteiger partial charge in [0.05, 0.1) is 15.6 Å². The highest BCUT2D eigenvalue weighted by Gasteiger charge is 2.32. The summed E-state index contributed by atoms with van der Waals surface area (Å²) < 4.78 is 27.2. The molecular formula is C16H21N3O3S3. The van der Waals surface area contributed by atoms with Crippen LogP contribution in [0.1, 0.15) is 30.1 Å². The molecule has 0 unspecified atom stereocenters. The molecule has 6 nitrogen and oxygen atoms in total. The van der Waals surface area contributed by atoms with Gasteiger partial charge in [-0.05, 0) is 33.8 Å². The van der Waals surface area contributed by atoms with Crippen molar-refractivity contribution in [2.75, 3.05) is 26.2 Å². The maximum Gasteiger partial charge on any atom is 0.265 e. The van der Waals surface area contributed by atoms with Gasteiger partial charge in [0, 0.05) is 35.9 Å². The number of nitrogens with zero attached hydrogens (tertiary/aromatic N) is 3. The zero-order chi connectivity index (χ0) is 18.4. The maximum absolute atomic E-state index is 12.8. The summed E-state index contributed by atoms with van der Waals surface area (Å²) >= 11 is 2.88. The molecule has 0 aliphatic carbocycles. The molecule has 0 radical (unpaired) electrons. The molecule has 2 aromatic rings. The molecule has 0 saturated carbocycles. The van der Waals surface area contributed by atoms with Crippen molar-refractivity contribution in [3.63, 3.8) is 0 Å². The summed E-state index contributed by atoms with van der Waals surface area (Å²) in [6.07, 6.45) is 0. The average molecular weight is 400 g/mol. The predicted octanol–water partition coefficient (Wildman–Crippen LogP) is 2.58. The number of carbonyl (C=O) groups excluding carboxylic acids is 1. The summed E-state index contributed by atoms with van der Waals surface area (Å²) in [7, 11) is -3.49. The number of hydrogen-bond donors (Lipinski definition) is 0. The Kier molecular flexibility index (Phi) is 5.02. The van der Waals surface area contributed by atoms with Gasteiger partial charge in [-0.3, -0.25) is 4.79 Å². The van der Waals surface area contributed by atoms with Crippen LogP contribution < -0.4 is 0 Å². The molecule has 3 rings (SSSR count). The molecule has 136 valence electrons. The van der Waals surface area contributed by atoms with Crippen molar-refractivity contribution in [1.82, 2.24) is 14.2 Å². The fourth-order valence-corrected chi connectivity index (χ4v) is 6.84. The van der Waals surface area contributed by atoms with Crippen LogP contribution in [-0.2, 0) is 10.0 Å². The largest absolute Gasteiger partial charge is 0.335 e. The zero-order valence-electron chi connectivity index (χ0n) is 14.7. The van der Waals surface area contributed by atoms with Crippen LogP contribution in [0.25, 0.3) is 0 Å². The van der Waals surface area contributed by atoms with E-state index in [4.69, 9.17) is 0 Å². The lowest BCUT2D eigenvalue weighted by atomic mass is 10.3. The van der Waals surface area contributed by atoms with Crippen LogP contribution in [0.15, 0.2) is 11.0 Å². The molecule has 25 heavy (non-hydrogen) atoms. The van der Waals surface area contributed by atoms with Crippen LogP contribution in [0.3, 0.4) is 0 Å². The van der Waals surface area contributed by atoms with Crippen molar-refractivity contribution in [2.24, 2.45) is 0 Å². The van der Waals surface area contributed by atoms with E-state index in [1.54, 1.807) is 11.0 Å². The molecule has 1 aliphatic heterocycles. The number of aromatic nitrogens is 1. The Morgan fingerprint density at radius 2 is 1.72 bits per heavy atom. The molecule has 1 aliphatic rings. The zero-order valence-corrected chi connectivity index (χ0v) is 17.1. The number of amides is 1. The molecule has 9 heteroatoms. The van der Waals surface area contributed by atoms with Crippen molar-refractivity contribution >= 4 is 38.6 Å². The minimum Gasteiger partial charge on any atom is -0.335 e. The van der Waals surface area contributed by atoms with Crippen LogP contribution in [0.4, 0.5) is 0 Å². The predicted molar refractivity (Wildman–Crippen MR) is 100 cm³/mol. The Morgan fingerprint density at radius 1 is 1.08 bits per heavy atom. The van der Waals surface area contributed by atoms with Gasteiger partial charge in [-0.1, -0.05) is 0 Å². The lowest BCUT2D eigenvalue weighted by Crippen LogP contribution is -2.50. The molecular weight excluding hydrogens is 378 g/mol. The molecule has 0 atom stereocenters. The smallest absolute Gasteiger partial charge is 0.265 e. The summed E-state index contributed by atoms with van der Waals surface area (Å²) in [5, 5.41) is 0.866. The number of rotatable bonds is 3. The quantitative estimate of drug-likeness (QED) is 0.795. The molecule has 0 aromatic carbocycles. The van der Waals surface area contributed by atoms with E-state index in [-0.39, 0.29) is 5.91 Å². The van der Waals surface area contributed by atoms with Crippen molar-refractivity contribution in [2.45, 2.75) is 32.6 Å². The Hall–Kier alpha value is -1.29. The average Bonchev–Trinajstić information content (AvgIpc) is 3.08. The van der Waals surface area contributed by atoms with Gasteiger partial charge in [0.1, 0.15) is 4.88 Å². The van der Waals surface area contributed by atoms with Gasteiger partial charge >= 0.3 is 0 Å². The van der Waals surface area contributed by atoms with Crippen LogP contribution in [0.5, 0.6) is 0 Å². The molecule has 1 saturated heterocycles. The Morgan fingerprint density at radius 3 is 2.20 bits per heavy atom. The fourth-order valence-electron chi connectivity index (χ4n) is 3.01. The van der Waals surface area contributed by atoms with E-state index in [9.17, 15) is 13.2 Å². The van der Waals surface area contributed by atoms with E-state index < -0.39 is 10.0 Å². The summed E-state index contributed by atoms with van der Waals surface area (Å²) in [5.74, 6) is -0.0530. The van der Waals surface area contributed by atoms with Crippen LogP contribution in [0, 0.1) is 27.7 Å². The number of thiophene rings is 1. The first kappa shape index (κ1) is 18.5. The first-order valence-electron chi connectivity index (χ1n) is 8.00. The number of piperazine rings is 1. The highest BCUT2D eigenvalue weighted by atomic mass is 32.2. The topological polar surface area (TPSA) is 70.6 Å². The van der Waals surface area contributed by atoms with Gasteiger partial charge in [-0.25, -0.2) is 13.4 Å². The van der Waals surface area contributed by atoms with Gasteiger partial charge in [-0.15, -0.1) is 22.7 Å². The molecule has 0 spiro atoms. The van der Waals surface area contributed by atoms with E-state index in [2.05, 4.69) is 4.98 Å². The Labute approximate surface area is 156 Å². The number of carbonyl (C=O) groups is 1. The molecule has 1 fully saturated rings. The Bertz CT molecular complexity index is 906. The molecule has 1 amide bonds. The molecule has 2 aromatic heterocycles. The first-order valence-corrected chi connectivity index (χ1v) is 11.1. The van der Waals surface area contributed by atoms with Gasteiger partial charge in [0.15, 0.2) is 0 Å². The van der Waals surface area contributed by atoms with E-state index in [0.29, 0.717) is 36.0 Å². The summed E-state index contributed by atoms with van der Waals surface area (Å²) in [5.41, 5.74) is 0.743. The van der Waals surface area contributed by atoms with E-state index in [1.165, 1.54) is 27.0 Å². The van der Waals surface area contributed by atoms with Crippen LogP contribution in [-0.4, -0.2) is 54.7 Å². The van der Waals surface area contributed by atoms with Gasteiger partial charge in [0.25, 0.3) is 5.91 Å². The summed E-state index contributed by atoms with van der Waals surface area (Å²) in [4.78, 5) is 21.5. The van der Waals surface area contributed by atoms with E-state index in [1.807, 2.05) is 27.7 Å². The second-order valence-electron chi connectivity index (χ2n) is 6.12. The third-order valence-electron chi connectivity index (χ3n) is 4.24.